The molecule has 0 aromatic carbocycles. The van der Waals surface area contributed by atoms with Crippen molar-refractivity contribution < 1.29 is 24.5 Å². The van der Waals surface area contributed by atoms with E-state index in [9.17, 15) is 19.8 Å². The van der Waals surface area contributed by atoms with Crippen LogP contribution in [0.4, 0.5) is 0 Å². The molecule has 0 rings (SSSR count). The van der Waals surface area contributed by atoms with Crippen LogP contribution in [0, 0.1) is 0 Å². The first-order chi connectivity index (χ1) is 36.0. The van der Waals surface area contributed by atoms with Crippen molar-refractivity contribution in [2.75, 3.05) is 13.2 Å². The lowest BCUT2D eigenvalue weighted by Crippen LogP contribution is -2.45. The molecule has 0 saturated carbocycles. The van der Waals surface area contributed by atoms with Crippen LogP contribution in [0.1, 0.15) is 341 Å². The van der Waals surface area contributed by atoms with Crippen molar-refractivity contribution in [3.8, 4) is 0 Å². The molecular formula is C67H125NO5. The molecule has 0 aromatic rings. The minimum Gasteiger partial charge on any atom is -0.466 e. The summed E-state index contributed by atoms with van der Waals surface area (Å²) in [5, 5.41) is 23.2. The fraction of sp³-hybridized carbons (Fsp3) is 0.851. The molecule has 0 saturated heterocycles. The molecule has 1 amide bonds. The number of esters is 1. The molecule has 2 atom stereocenters. The highest BCUT2D eigenvalue weighted by Crippen LogP contribution is 2.17. The second-order valence-corrected chi connectivity index (χ2v) is 22.1. The standard InChI is InChI=1S/C67H125NO5/c1-3-5-7-9-11-13-15-17-19-21-24-27-31-35-39-43-47-51-55-59-65(70)64(63-69)68-66(71)60-56-52-48-44-40-36-32-28-25-23-26-30-34-38-42-46-50-54-58-62-73-67(72)61-57-53-49-45-41-37-33-29-22-20-18-16-14-12-10-8-6-4-2/h14,16,20,22-23,25,55,59,64-65,69-70H,3-13,15,17-19,21,24,26-54,56-58,60-63H2,1-2H3,(H,68,71)/b16-14-,22-20-,25-23-,59-55+. The molecular weight excluding hydrogens is 899 g/mol. The van der Waals surface area contributed by atoms with Gasteiger partial charge in [-0.05, 0) is 89.9 Å². The largest absolute Gasteiger partial charge is 0.466 e. The first-order valence-corrected chi connectivity index (χ1v) is 32.4. The Hall–Kier alpha value is -2.18. The minimum absolute atomic E-state index is 0.00412. The number of hydrogen-bond donors (Lipinski definition) is 3. The lowest BCUT2D eigenvalue weighted by Gasteiger charge is -2.20. The third-order valence-electron chi connectivity index (χ3n) is 14.8. The predicted octanol–water partition coefficient (Wildman–Crippen LogP) is 20.5. The Morgan fingerprint density at radius 2 is 0.685 bits per heavy atom. The maximum Gasteiger partial charge on any atom is 0.305 e. The number of ether oxygens (including phenoxy) is 1. The van der Waals surface area contributed by atoms with Gasteiger partial charge in [0.1, 0.15) is 0 Å². The highest BCUT2D eigenvalue weighted by Gasteiger charge is 2.18. The topological polar surface area (TPSA) is 95.9 Å². The van der Waals surface area contributed by atoms with Crippen LogP contribution in [0.15, 0.2) is 48.6 Å². The summed E-state index contributed by atoms with van der Waals surface area (Å²) in [4.78, 5) is 24.6. The number of allylic oxidation sites excluding steroid dienone is 7. The van der Waals surface area contributed by atoms with Crippen LogP contribution >= 0.6 is 0 Å². The molecule has 0 bridgehead atoms. The fourth-order valence-electron chi connectivity index (χ4n) is 9.84. The molecule has 0 aliphatic heterocycles. The number of aliphatic hydroxyl groups is 2. The van der Waals surface area contributed by atoms with Crippen LogP contribution in [0.5, 0.6) is 0 Å². The average molecular weight is 1020 g/mol. The zero-order chi connectivity index (χ0) is 52.9. The molecule has 2 unspecified atom stereocenters. The number of aliphatic hydroxyl groups excluding tert-OH is 2. The number of amides is 1. The van der Waals surface area contributed by atoms with E-state index in [0.717, 1.165) is 64.2 Å². The number of carbonyl (C=O) groups excluding carboxylic acids is 2. The van der Waals surface area contributed by atoms with Gasteiger partial charge < -0.3 is 20.3 Å². The van der Waals surface area contributed by atoms with Crippen molar-refractivity contribution in [2.24, 2.45) is 0 Å². The van der Waals surface area contributed by atoms with E-state index in [1.807, 2.05) is 6.08 Å². The molecule has 0 spiro atoms. The molecule has 6 heteroatoms. The van der Waals surface area contributed by atoms with Crippen molar-refractivity contribution in [1.82, 2.24) is 5.32 Å². The summed E-state index contributed by atoms with van der Waals surface area (Å²) >= 11 is 0. The van der Waals surface area contributed by atoms with Crippen LogP contribution in [0.3, 0.4) is 0 Å². The highest BCUT2D eigenvalue weighted by molar-refractivity contribution is 5.76. The summed E-state index contributed by atoms with van der Waals surface area (Å²) in [6.45, 7) is 4.89. The first-order valence-electron chi connectivity index (χ1n) is 32.4. The molecule has 0 fully saturated rings. The van der Waals surface area contributed by atoms with E-state index in [-0.39, 0.29) is 18.5 Å². The third kappa shape index (κ3) is 58.9. The van der Waals surface area contributed by atoms with Crippen LogP contribution in [0.25, 0.3) is 0 Å². The number of rotatable bonds is 60. The Balaban J connectivity index is 3.47. The van der Waals surface area contributed by atoms with E-state index in [1.165, 1.54) is 250 Å². The summed E-state index contributed by atoms with van der Waals surface area (Å²) in [6, 6.07) is -0.637. The Morgan fingerprint density at radius 3 is 1.07 bits per heavy atom. The molecule has 0 aliphatic carbocycles. The summed E-state index contributed by atoms with van der Waals surface area (Å²) < 4.78 is 5.49. The molecule has 0 heterocycles. The van der Waals surface area contributed by atoms with Gasteiger partial charge in [0, 0.05) is 12.8 Å². The summed E-state index contributed by atoms with van der Waals surface area (Å²) in [5.41, 5.74) is 0. The quantitative estimate of drug-likeness (QED) is 0.0320. The Morgan fingerprint density at radius 1 is 0.384 bits per heavy atom. The summed E-state index contributed by atoms with van der Waals surface area (Å²) in [5.74, 6) is -0.0801. The van der Waals surface area contributed by atoms with E-state index in [4.69, 9.17) is 4.74 Å². The molecule has 428 valence electrons. The van der Waals surface area contributed by atoms with E-state index < -0.39 is 12.1 Å². The van der Waals surface area contributed by atoms with Gasteiger partial charge in [-0.15, -0.1) is 0 Å². The van der Waals surface area contributed by atoms with Gasteiger partial charge >= 0.3 is 5.97 Å². The van der Waals surface area contributed by atoms with Gasteiger partial charge in [-0.3, -0.25) is 9.59 Å². The zero-order valence-corrected chi connectivity index (χ0v) is 48.9. The maximum atomic E-state index is 12.5. The molecule has 0 aromatic heterocycles. The van der Waals surface area contributed by atoms with Crippen molar-refractivity contribution in [3.05, 3.63) is 48.6 Å². The van der Waals surface area contributed by atoms with Crippen LogP contribution in [0.2, 0.25) is 0 Å². The van der Waals surface area contributed by atoms with Gasteiger partial charge in [-0.25, -0.2) is 0 Å². The van der Waals surface area contributed by atoms with E-state index in [1.54, 1.807) is 6.08 Å². The second kappa shape index (κ2) is 62.4. The van der Waals surface area contributed by atoms with Crippen LogP contribution in [-0.4, -0.2) is 47.4 Å². The number of nitrogens with one attached hydrogen (secondary N) is 1. The smallest absolute Gasteiger partial charge is 0.305 e. The SMILES string of the molecule is CCCCCC/C=C\C/C=C\CCCCCCCCCC(=O)OCCCCCCCCCC/C=C\CCCCCCCCCC(=O)NC(CO)C(O)/C=C/CCCCCCCCCCCCCCCCCCC. The molecule has 0 radical (unpaired) electrons. The zero-order valence-electron chi connectivity index (χ0n) is 48.9. The van der Waals surface area contributed by atoms with Crippen LogP contribution in [-0.2, 0) is 14.3 Å². The first kappa shape index (κ1) is 70.8. The molecule has 0 aliphatic rings. The number of unbranched alkanes of at least 4 members (excludes halogenated alkanes) is 43. The minimum atomic E-state index is -0.852. The predicted molar refractivity (Wildman–Crippen MR) is 319 cm³/mol. The van der Waals surface area contributed by atoms with Crippen LogP contribution < -0.4 is 5.32 Å². The number of carbonyl (C=O) groups is 2. The van der Waals surface area contributed by atoms with E-state index in [0.29, 0.717) is 19.4 Å². The normalized spacial score (nSPS) is 12.9. The number of hydrogen-bond acceptors (Lipinski definition) is 5. The molecule has 6 nitrogen and oxygen atoms in total. The van der Waals surface area contributed by atoms with Crippen molar-refractivity contribution in [1.29, 1.82) is 0 Å². The monoisotopic (exact) mass is 1020 g/mol. The Bertz CT molecular complexity index is 1230. The van der Waals surface area contributed by atoms with Gasteiger partial charge in [-0.2, -0.15) is 0 Å². The van der Waals surface area contributed by atoms with Crippen molar-refractivity contribution in [2.45, 2.75) is 353 Å². The van der Waals surface area contributed by atoms with Crippen molar-refractivity contribution >= 4 is 11.9 Å². The Kier molecular flexibility index (Phi) is 60.5. The third-order valence-corrected chi connectivity index (χ3v) is 14.8. The van der Waals surface area contributed by atoms with Crippen molar-refractivity contribution in [3.63, 3.8) is 0 Å². The lowest BCUT2D eigenvalue weighted by atomic mass is 10.0. The summed E-state index contributed by atoms with van der Waals surface area (Å²) in [7, 11) is 0. The second-order valence-electron chi connectivity index (χ2n) is 22.1. The van der Waals surface area contributed by atoms with E-state index >= 15 is 0 Å². The van der Waals surface area contributed by atoms with Gasteiger partial charge in [0.05, 0.1) is 25.4 Å². The molecule has 3 N–H and O–H groups in total. The van der Waals surface area contributed by atoms with Gasteiger partial charge in [0.2, 0.25) is 5.91 Å². The molecule has 73 heavy (non-hydrogen) atoms. The Labute approximate surface area is 455 Å². The average Bonchev–Trinajstić information content (AvgIpc) is 3.39. The summed E-state index contributed by atoms with van der Waals surface area (Å²) in [6.07, 6.45) is 80.1. The van der Waals surface area contributed by atoms with Gasteiger partial charge in [0.25, 0.3) is 0 Å². The maximum absolute atomic E-state index is 12.5. The van der Waals surface area contributed by atoms with Gasteiger partial charge in [-0.1, -0.05) is 287 Å². The fourth-order valence-corrected chi connectivity index (χ4v) is 9.84. The van der Waals surface area contributed by atoms with E-state index in [2.05, 4.69) is 55.6 Å². The van der Waals surface area contributed by atoms with Gasteiger partial charge in [0.15, 0.2) is 0 Å². The lowest BCUT2D eigenvalue weighted by molar-refractivity contribution is -0.143. The highest BCUT2D eigenvalue weighted by atomic mass is 16.5.